The van der Waals surface area contributed by atoms with Gasteiger partial charge in [-0.25, -0.2) is 9.97 Å². The molecule has 0 spiro atoms. The van der Waals surface area contributed by atoms with Crippen molar-refractivity contribution in [2.24, 2.45) is 0 Å². The molecule has 122 valence electrons. The second kappa shape index (κ2) is 7.68. The molecule has 5 nitrogen and oxygen atoms in total. The van der Waals surface area contributed by atoms with Crippen LogP contribution in [-0.4, -0.2) is 40.4 Å². The molecule has 5 heteroatoms. The largest absolute Gasteiger partial charge is 0.359 e. The van der Waals surface area contributed by atoms with E-state index in [1.807, 2.05) is 13.0 Å². The van der Waals surface area contributed by atoms with E-state index >= 15 is 0 Å². The summed E-state index contributed by atoms with van der Waals surface area (Å²) in [5, 5.41) is 2.66. The van der Waals surface area contributed by atoms with Crippen molar-refractivity contribution in [2.75, 3.05) is 13.6 Å². The highest BCUT2D eigenvalue weighted by Gasteiger charge is 2.28. The highest BCUT2D eigenvalue weighted by Crippen LogP contribution is 2.30. The quantitative estimate of drug-likeness (QED) is 0.907. The predicted molar refractivity (Wildman–Crippen MR) is 87.6 cm³/mol. The maximum Gasteiger partial charge on any atom is 0.220 e. The maximum atomic E-state index is 11.4. The molecule has 1 fully saturated rings. The summed E-state index contributed by atoms with van der Waals surface area (Å²) in [5.41, 5.74) is 1.96. The molecule has 0 bridgehead atoms. The van der Waals surface area contributed by atoms with Crippen molar-refractivity contribution in [3.8, 4) is 0 Å². The highest BCUT2D eigenvalue weighted by atomic mass is 16.1. The minimum absolute atomic E-state index is 0.0549. The minimum atomic E-state index is 0.0549. The van der Waals surface area contributed by atoms with Gasteiger partial charge in [0.1, 0.15) is 5.82 Å². The number of aryl methyl sites for hydroxylation is 2. The Morgan fingerprint density at radius 2 is 2.18 bits per heavy atom. The molecule has 0 aliphatic carbocycles. The van der Waals surface area contributed by atoms with Gasteiger partial charge in [0.15, 0.2) is 0 Å². The third kappa shape index (κ3) is 4.26. The standard InChI is InChI=1S/C17H28N4O/c1-12(2)21-10-6-5-7-15(21)17-19-13(3)11-14(20-17)8-9-16(22)18-4/h11-12,15H,5-10H2,1-4H3,(H,18,22). The van der Waals surface area contributed by atoms with Crippen molar-refractivity contribution >= 4 is 5.91 Å². The molecule has 0 aromatic carbocycles. The Morgan fingerprint density at radius 3 is 2.86 bits per heavy atom. The molecule has 0 radical (unpaired) electrons. The Hall–Kier alpha value is -1.49. The van der Waals surface area contributed by atoms with E-state index in [0.717, 1.165) is 30.2 Å². The van der Waals surface area contributed by atoms with Crippen molar-refractivity contribution in [3.05, 3.63) is 23.3 Å². The summed E-state index contributed by atoms with van der Waals surface area (Å²) in [6.45, 7) is 7.60. The van der Waals surface area contributed by atoms with Crippen LogP contribution in [0.15, 0.2) is 6.07 Å². The van der Waals surface area contributed by atoms with Crippen LogP contribution in [0.5, 0.6) is 0 Å². The fourth-order valence-corrected chi connectivity index (χ4v) is 3.15. The lowest BCUT2D eigenvalue weighted by Gasteiger charge is -2.37. The number of nitrogens with zero attached hydrogens (tertiary/aromatic N) is 3. The Kier molecular flexibility index (Phi) is 5.89. The lowest BCUT2D eigenvalue weighted by Crippen LogP contribution is -2.39. The number of carbonyl (C=O) groups is 1. The second-order valence-electron chi connectivity index (χ2n) is 6.38. The second-order valence-corrected chi connectivity index (χ2v) is 6.38. The number of rotatable bonds is 5. The van der Waals surface area contributed by atoms with Gasteiger partial charge in [0, 0.05) is 30.9 Å². The Bertz CT molecular complexity index is 515. The molecule has 22 heavy (non-hydrogen) atoms. The lowest BCUT2D eigenvalue weighted by molar-refractivity contribution is -0.120. The van der Waals surface area contributed by atoms with Gasteiger partial charge in [-0.05, 0) is 52.6 Å². The number of likely N-dealkylation sites (tertiary alicyclic amines) is 1. The summed E-state index contributed by atoms with van der Waals surface area (Å²) in [4.78, 5) is 23.4. The van der Waals surface area contributed by atoms with Crippen LogP contribution in [0.25, 0.3) is 0 Å². The number of hydrogen-bond acceptors (Lipinski definition) is 4. The molecular weight excluding hydrogens is 276 g/mol. The van der Waals surface area contributed by atoms with E-state index in [1.165, 1.54) is 12.8 Å². The minimum Gasteiger partial charge on any atom is -0.359 e. The van der Waals surface area contributed by atoms with Crippen LogP contribution in [0.1, 0.15) is 62.8 Å². The molecule has 1 saturated heterocycles. The van der Waals surface area contributed by atoms with E-state index in [0.29, 0.717) is 24.9 Å². The number of amides is 1. The average molecular weight is 304 g/mol. The zero-order chi connectivity index (χ0) is 16.1. The topological polar surface area (TPSA) is 58.1 Å². The van der Waals surface area contributed by atoms with Crippen LogP contribution in [0.3, 0.4) is 0 Å². The van der Waals surface area contributed by atoms with Crippen molar-refractivity contribution in [1.82, 2.24) is 20.2 Å². The SMILES string of the molecule is CNC(=O)CCc1cc(C)nc(C2CCCCN2C(C)C)n1. The van der Waals surface area contributed by atoms with Crippen LogP contribution in [0.4, 0.5) is 0 Å². The van der Waals surface area contributed by atoms with Crippen molar-refractivity contribution in [3.63, 3.8) is 0 Å². The van der Waals surface area contributed by atoms with Gasteiger partial charge in [0.25, 0.3) is 0 Å². The summed E-state index contributed by atoms with van der Waals surface area (Å²) in [5.74, 6) is 0.986. The van der Waals surface area contributed by atoms with E-state index < -0.39 is 0 Å². The molecule has 2 heterocycles. The molecule has 1 N–H and O–H groups in total. The Morgan fingerprint density at radius 1 is 1.41 bits per heavy atom. The molecule has 1 unspecified atom stereocenters. The van der Waals surface area contributed by atoms with Crippen molar-refractivity contribution in [2.45, 2.75) is 65.0 Å². The highest BCUT2D eigenvalue weighted by molar-refractivity contribution is 5.75. The predicted octanol–water partition coefficient (Wildman–Crippen LogP) is 2.40. The smallest absolute Gasteiger partial charge is 0.220 e. The molecule has 2 rings (SSSR count). The van der Waals surface area contributed by atoms with Gasteiger partial charge >= 0.3 is 0 Å². The normalized spacial score (nSPS) is 19.4. The number of nitrogens with one attached hydrogen (secondary N) is 1. The zero-order valence-electron chi connectivity index (χ0n) is 14.2. The summed E-state index contributed by atoms with van der Waals surface area (Å²) in [6.07, 6.45) is 4.76. The number of piperidine rings is 1. The first kappa shape index (κ1) is 16.9. The molecule has 1 atom stereocenters. The number of hydrogen-bond donors (Lipinski definition) is 1. The monoisotopic (exact) mass is 304 g/mol. The van der Waals surface area contributed by atoms with Gasteiger partial charge in [0.05, 0.1) is 6.04 Å². The van der Waals surface area contributed by atoms with Crippen molar-refractivity contribution in [1.29, 1.82) is 0 Å². The molecule has 1 aliphatic rings. The van der Waals surface area contributed by atoms with Gasteiger partial charge in [-0.1, -0.05) is 6.42 Å². The molecule has 1 amide bonds. The van der Waals surface area contributed by atoms with Gasteiger partial charge in [-0.15, -0.1) is 0 Å². The summed E-state index contributed by atoms with van der Waals surface area (Å²) in [7, 11) is 1.67. The summed E-state index contributed by atoms with van der Waals surface area (Å²) < 4.78 is 0. The first-order valence-corrected chi connectivity index (χ1v) is 8.32. The maximum absolute atomic E-state index is 11.4. The van der Waals surface area contributed by atoms with Crippen LogP contribution in [-0.2, 0) is 11.2 Å². The molecule has 0 saturated carbocycles. The van der Waals surface area contributed by atoms with Gasteiger partial charge in [-0.2, -0.15) is 0 Å². The van der Waals surface area contributed by atoms with Crippen LogP contribution in [0, 0.1) is 6.92 Å². The Balaban J connectivity index is 2.19. The van der Waals surface area contributed by atoms with E-state index in [9.17, 15) is 4.79 Å². The molecular formula is C17H28N4O. The zero-order valence-corrected chi connectivity index (χ0v) is 14.2. The molecule has 1 aromatic heterocycles. The number of carbonyl (C=O) groups excluding carboxylic acids is 1. The van der Waals surface area contributed by atoms with Crippen LogP contribution < -0.4 is 5.32 Å². The average Bonchev–Trinajstić information content (AvgIpc) is 2.52. The summed E-state index contributed by atoms with van der Waals surface area (Å²) >= 11 is 0. The van der Waals surface area contributed by atoms with E-state index in [-0.39, 0.29) is 5.91 Å². The fraction of sp³-hybridized carbons (Fsp3) is 0.706. The first-order chi connectivity index (χ1) is 10.5. The van der Waals surface area contributed by atoms with E-state index in [4.69, 9.17) is 4.98 Å². The van der Waals surface area contributed by atoms with Gasteiger partial charge < -0.3 is 5.32 Å². The van der Waals surface area contributed by atoms with Gasteiger partial charge in [-0.3, -0.25) is 9.69 Å². The van der Waals surface area contributed by atoms with E-state index in [1.54, 1.807) is 7.05 Å². The molecule has 1 aromatic rings. The van der Waals surface area contributed by atoms with Crippen LogP contribution in [0.2, 0.25) is 0 Å². The Labute approximate surface area is 133 Å². The van der Waals surface area contributed by atoms with Crippen molar-refractivity contribution < 1.29 is 4.79 Å². The van der Waals surface area contributed by atoms with E-state index in [2.05, 4.69) is 29.0 Å². The number of aromatic nitrogens is 2. The molecule has 1 aliphatic heterocycles. The third-order valence-corrected chi connectivity index (χ3v) is 4.32. The lowest BCUT2D eigenvalue weighted by atomic mass is 9.99. The first-order valence-electron chi connectivity index (χ1n) is 8.32. The fourth-order valence-electron chi connectivity index (χ4n) is 3.15. The van der Waals surface area contributed by atoms with Gasteiger partial charge in [0.2, 0.25) is 5.91 Å². The third-order valence-electron chi connectivity index (χ3n) is 4.32. The van der Waals surface area contributed by atoms with Crippen LogP contribution >= 0.6 is 0 Å². The summed E-state index contributed by atoms with van der Waals surface area (Å²) in [6, 6.07) is 2.81.